The van der Waals surface area contributed by atoms with Gasteiger partial charge in [0.1, 0.15) is 0 Å². The van der Waals surface area contributed by atoms with E-state index in [0.717, 1.165) is 5.69 Å². The molecule has 0 aliphatic carbocycles. The summed E-state index contributed by atoms with van der Waals surface area (Å²) in [5.74, 6) is 0.232. The van der Waals surface area contributed by atoms with Gasteiger partial charge >= 0.3 is 0 Å². The van der Waals surface area contributed by atoms with Gasteiger partial charge in [-0.05, 0) is 17.7 Å². The Kier molecular flexibility index (Phi) is 3.11. The number of nitrogens with one attached hydrogen (secondary N) is 1. The lowest BCUT2D eigenvalue weighted by molar-refractivity contribution is 0.273. The van der Waals surface area contributed by atoms with E-state index in [1.807, 2.05) is 38.2 Å². The molecule has 1 atom stereocenters. The van der Waals surface area contributed by atoms with E-state index < -0.39 is 0 Å². The summed E-state index contributed by atoms with van der Waals surface area (Å²) >= 11 is 0. The molecule has 0 radical (unpaired) electrons. The quantitative estimate of drug-likeness (QED) is 0.716. The molecule has 1 rings (SSSR count). The van der Waals surface area contributed by atoms with Crippen molar-refractivity contribution in [3.8, 4) is 0 Å². The standard InChI is InChI=1S/C10H15NO/c1-8(7-12)9-3-5-10(11-2)6-4-9/h3-6,8,11-12H,7H2,1-2H3/t8-/m1/s1. The molecular weight excluding hydrogens is 150 g/mol. The van der Waals surface area contributed by atoms with Gasteiger partial charge in [-0.3, -0.25) is 0 Å². The van der Waals surface area contributed by atoms with Crippen LogP contribution in [0, 0.1) is 0 Å². The number of aliphatic hydroxyl groups is 1. The van der Waals surface area contributed by atoms with Crippen molar-refractivity contribution in [2.75, 3.05) is 19.0 Å². The summed E-state index contributed by atoms with van der Waals surface area (Å²) in [7, 11) is 1.89. The third kappa shape index (κ3) is 1.98. The SMILES string of the molecule is CNc1ccc([C@H](C)CO)cc1. The molecule has 0 unspecified atom stereocenters. The van der Waals surface area contributed by atoms with Gasteiger partial charge in [-0.2, -0.15) is 0 Å². The second kappa shape index (κ2) is 4.12. The van der Waals surface area contributed by atoms with Crippen LogP contribution >= 0.6 is 0 Å². The van der Waals surface area contributed by atoms with Crippen LogP contribution < -0.4 is 5.32 Å². The first-order valence-corrected chi connectivity index (χ1v) is 4.16. The molecule has 0 heterocycles. The van der Waals surface area contributed by atoms with Crippen LogP contribution in [0.25, 0.3) is 0 Å². The highest BCUT2D eigenvalue weighted by molar-refractivity contribution is 5.44. The molecule has 0 fully saturated rings. The molecule has 1 aromatic carbocycles. The van der Waals surface area contributed by atoms with Crippen LogP contribution in [0.2, 0.25) is 0 Å². The molecule has 2 N–H and O–H groups in total. The van der Waals surface area contributed by atoms with E-state index in [-0.39, 0.29) is 12.5 Å². The Labute approximate surface area is 73.2 Å². The molecule has 0 saturated carbocycles. The van der Waals surface area contributed by atoms with Gasteiger partial charge in [0.2, 0.25) is 0 Å². The van der Waals surface area contributed by atoms with Crippen molar-refractivity contribution in [1.82, 2.24) is 0 Å². The second-order valence-corrected chi connectivity index (χ2v) is 2.96. The van der Waals surface area contributed by atoms with Crippen molar-refractivity contribution in [3.05, 3.63) is 29.8 Å². The van der Waals surface area contributed by atoms with Gasteiger partial charge in [0.15, 0.2) is 0 Å². The number of rotatable bonds is 3. The molecule has 0 aromatic heterocycles. The topological polar surface area (TPSA) is 32.3 Å². The first-order valence-electron chi connectivity index (χ1n) is 4.16. The monoisotopic (exact) mass is 165 g/mol. The van der Waals surface area contributed by atoms with Gasteiger partial charge in [-0.15, -0.1) is 0 Å². The molecule has 0 amide bonds. The highest BCUT2D eigenvalue weighted by Gasteiger charge is 2.01. The Bertz CT molecular complexity index is 230. The Hall–Kier alpha value is -1.02. The van der Waals surface area contributed by atoms with E-state index in [2.05, 4.69) is 5.32 Å². The summed E-state index contributed by atoms with van der Waals surface area (Å²) in [5, 5.41) is 11.9. The van der Waals surface area contributed by atoms with E-state index in [0.29, 0.717) is 0 Å². The van der Waals surface area contributed by atoms with Crippen LogP contribution in [-0.2, 0) is 0 Å². The molecule has 1 aromatic rings. The molecule has 0 spiro atoms. The lowest BCUT2D eigenvalue weighted by Gasteiger charge is -2.08. The normalized spacial score (nSPS) is 12.6. The largest absolute Gasteiger partial charge is 0.396 e. The summed E-state index contributed by atoms with van der Waals surface area (Å²) in [6.45, 7) is 2.22. The Morgan fingerprint density at radius 1 is 1.33 bits per heavy atom. The minimum Gasteiger partial charge on any atom is -0.396 e. The zero-order valence-corrected chi connectivity index (χ0v) is 7.54. The van der Waals surface area contributed by atoms with Crippen LogP contribution in [0.1, 0.15) is 18.4 Å². The number of hydrogen-bond donors (Lipinski definition) is 2. The zero-order valence-electron chi connectivity index (χ0n) is 7.54. The molecule has 0 saturated heterocycles. The smallest absolute Gasteiger partial charge is 0.0497 e. The van der Waals surface area contributed by atoms with Gasteiger partial charge in [-0.1, -0.05) is 19.1 Å². The third-order valence-electron chi connectivity index (χ3n) is 2.04. The fourth-order valence-electron chi connectivity index (χ4n) is 1.08. The predicted molar refractivity (Wildman–Crippen MR) is 51.5 cm³/mol. The van der Waals surface area contributed by atoms with Crippen molar-refractivity contribution in [1.29, 1.82) is 0 Å². The van der Waals surface area contributed by atoms with Crippen molar-refractivity contribution >= 4 is 5.69 Å². The van der Waals surface area contributed by atoms with E-state index in [4.69, 9.17) is 5.11 Å². The van der Waals surface area contributed by atoms with Crippen LogP contribution in [0.4, 0.5) is 5.69 Å². The second-order valence-electron chi connectivity index (χ2n) is 2.96. The molecule has 12 heavy (non-hydrogen) atoms. The maximum Gasteiger partial charge on any atom is 0.0497 e. The molecule has 0 aliphatic rings. The van der Waals surface area contributed by atoms with Gasteiger partial charge in [0.25, 0.3) is 0 Å². The van der Waals surface area contributed by atoms with Crippen LogP contribution in [0.3, 0.4) is 0 Å². The maximum absolute atomic E-state index is 8.90. The summed E-state index contributed by atoms with van der Waals surface area (Å²) in [6, 6.07) is 8.10. The van der Waals surface area contributed by atoms with Gasteiger partial charge < -0.3 is 10.4 Å². The molecule has 0 aliphatic heterocycles. The summed E-state index contributed by atoms with van der Waals surface area (Å²) in [4.78, 5) is 0. The molecule has 2 nitrogen and oxygen atoms in total. The van der Waals surface area contributed by atoms with Crippen LogP contribution in [-0.4, -0.2) is 18.8 Å². The highest BCUT2D eigenvalue weighted by Crippen LogP contribution is 2.16. The van der Waals surface area contributed by atoms with E-state index in [9.17, 15) is 0 Å². The number of aliphatic hydroxyl groups excluding tert-OH is 1. The molecule has 2 heteroatoms. The van der Waals surface area contributed by atoms with E-state index >= 15 is 0 Å². The third-order valence-corrected chi connectivity index (χ3v) is 2.04. The average Bonchev–Trinajstić information content (AvgIpc) is 2.17. The zero-order chi connectivity index (χ0) is 8.97. The minimum atomic E-state index is 0.207. The highest BCUT2D eigenvalue weighted by atomic mass is 16.3. The Balaban J connectivity index is 2.77. The lowest BCUT2D eigenvalue weighted by atomic mass is 10.0. The fourth-order valence-corrected chi connectivity index (χ4v) is 1.08. The lowest BCUT2D eigenvalue weighted by Crippen LogP contribution is -1.98. The molecule has 66 valence electrons. The van der Waals surface area contributed by atoms with Crippen molar-refractivity contribution in [2.45, 2.75) is 12.8 Å². The van der Waals surface area contributed by atoms with Crippen molar-refractivity contribution in [2.24, 2.45) is 0 Å². The van der Waals surface area contributed by atoms with E-state index in [1.165, 1.54) is 5.56 Å². The number of hydrogen-bond acceptors (Lipinski definition) is 2. The Morgan fingerprint density at radius 3 is 2.33 bits per heavy atom. The summed E-state index contributed by atoms with van der Waals surface area (Å²) < 4.78 is 0. The molecule has 0 bridgehead atoms. The number of anilines is 1. The van der Waals surface area contributed by atoms with Gasteiger partial charge in [0.05, 0.1) is 0 Å². The van der Waals surface area contributed by atoms with Crippen LogP contribution in [0.5, 0.6) is 0 Å². The predicted octanol–water partition coefficient (Wildman–Crippen LogP) is 1.82. The maximum atomic E-state index is 8.90. The average molecular weight is 165 g/mol. The molecular formula is C10H15NO. The Morgan fingerprint density at radius 2 is 1.92 bits per heavy atom. The van der Waals surface area contributed by atoms with Gasteiger partial charge in [-0.25, -0.2) is 0 Å². The van der Waals surface area contributed by atoms with Crippen molar-refractivity contribution < 1.29 is 5.11 Å². The fraction of sp³-hybridized carbons (Fsp3) is 0.400. The summed E-state index contributed by atoms with van der Waals surface area (Å²) in [6.07, 6.45) is 0. The van der Waals surface area contributed by atoms with Crippen LogP contribution in [0.15, 0.2) is 24.3 Å². The van der Waals surface area contributed by atoms with Gasteiger partial charge in [0, 0.05) is 25.3 Å². The first-order chi connectivity index (χ1) is 5.77. The minimum absolute atomic E-state index is 0.207. The number of benzene rings is 1. The van der Waals surface area contributed by atoms with Crippen molar-refractivity contribution in [3.63, 3.8) is 0 Å². The van der Waals surface area contributed by atoms with E-state index in [1.54, 1.807) is 0 Å². The summed E-state index contributed by atoms with van der Waals surface area (Å²) in [5.41, 5.74) is 2.28. The first kappa shape index (κ1) is 9.07.